The Morgan fingerprint density at radius 1 is 1.11 bits per heavy atom. The van der Waals surface area contributed by atoms with Gasteiger partial charge in [0.1, 0.15) is 18.1 Å². The topological polar surface area (TPSA) is 157 Å². The molecule has 0 aromatic carbocycles. The van der Waals surface area contributed by atoms with Gasteiger partial charge in [-0.05, 0) is 25.3 Å². The van der Waals surface area contributed by atoms with Crippen molar-refractivity contribution in [2.24, 2.45) is 5.92 Å². The van der Waals surface area contributed by atoms with Crippen LogP contribution < -0.4 is 21.3 Å². The van der Waals surface area contributed by atoms with Crippen molar-refractivity contribution in [2.45, 2.75) is 50.9 Å². The lowest BCUT2D eigenvalue weighted by Crippen LogP contribution is -2.59. The van der Waals surface area contributed by atoms with Gasteiger partial charge in [-0.3, -0.25) is 14.4 Å². The molecule has 0 saturated carbocycles. The molecule has 0 aliphatic carbocycles. The quantitative estimate of drug-likeness (QED) is 0.205. The maximum Gasteiger partial charge on any atom is 0.326 e. The van der Waals surface area contributed by atoms with Crippen LogP contribution in [0.15, 0.2) is 0 Å². The summed E-state index contributed by atoms with van der Waals surface area (Å²) in [4.78, 5) is 47.9. The first kappa shape index (κ1) is 23.2. The van der Waals surface area contributed by atoms with Crippen molar-refractivity contribution in [1.82, 2.24) is 21.3 Å². The fraction of sp³-hybridized carbons (Fsp3) is 0.750. The zero-order valence-electron chi connectivity index (χ0n) is 15.4. The standard InChI is InChI=1S/C16H28N4O6S/c1-8(2)12(16(25)26)20-15(24)11(7-27)19-14(23)10(6-21)18-13(22)9-4-3-5-17-9/h8-12,17,21,27H,3-7H2,1-2H3,(H,18,22)(H,19,23)(H,20,24)(H,25,26). The summed E-state index contributed by atoms with van der Waals surface area (Å²) in [5.41, 5.74) is 0. The Balaban J connectivity index is 2.67. The molecule has 0 aromatic heterocycles. The van der Waals surface area contributed by atoms with Gasteiger partial charge in [0.05, 0.1) is 12.6 Å². The summed E-state index contributed by atoms with van der Waals surface area (Å²) in [6.07, 6.45) is 1.48. The van der Waals surface area contributed by atoms with E-state index in [1.807, 2.05) is 0 Å². The van der Waals surface area contributed by atoms with Gasteiger partial charge in [0.15, 0.2) is 0 Å². The molecule has 6 N–H and O–H groups in total. The number of carbonyl (C=O) groups is 4. The minimum absolute atomic E-state index is 0.0850. The molecule has 1 rings (SSSR count). The first-order chi connectivity index (χ1) is 12.7. The number of rotatable bonds is 10. The highest BCUT2D eigenvalue weighted by molar-refractivity contribution is 7.80. The van der Waals surface area contributed by atoms with Gasteiger partial charge >= 0.3 is 5.97 Å². The third-order valence-corrected chi connectivity index (χ3v) is 4.60. The molecule has 1 aliphatic rings. The Labute approximate surface area is 163 Å². The molecule has 0 spiro atoms. The van der Waals surface area contributed by atoms with E-state index in [1.54, 1.807) is 13.8 Å². The summed E-state index contributed by atoms with van der Waals surface area (Å²) in [7, 11) is 0. The largest absolute Gasteiger partial charge is 0.480 e. The number of hydrogen-bond donors (Lipinski definition) is 7. The number of carboxylic acid groups (broad SMARTS) is 1. The lowest BCUT2D eigenvalue weighted by Gasteiger charge is -2.24. The van der Waals surface area contributed by atoms with E-state index in [9.17, 15) is 24.3 Å². The van der Waals surface area contributed by atoms with Crippen LogP contribution in [0, 0.1) is 5.92 Å². The maximum atomic E-state index is 12.3. The summed E-state index contributed by atoms with van der Waals surface area (Å²) < 4.78 is 0. The van der Waals surface area contributed by atoms with Gasteiger partial charge in [0.2, 0.25) is 17.7 Å². The Morgan fingerprint density at radius 3 is 2.19 bits per heavy atom. The number of carboxylic acids is 1. The minimum atomic E-state index is -1.23. The van der Waals surface area contributed by atoms with Crippen molar-refractivity contribution in [3.05, 3.63) is 0 Å². The van der Waals surface area contributed by atoms with Crippen molar-refractivity contribution in [3.63, 3.8) is 0 Å². The van der Waals surface area contributed by atoms with E-state index in [2.05, 4.69) is 33.9 Å². The zero-order chi connectivity index (χ0) is 20.6. The van der Waals surface area contributed by atoms with Crippen molar-refractivity contribution in [1.29, 1.82) is 0 Å². The van der Waals surface area contributed by atoms with Crippen LogP contribution in [-0.4, -0.2) is 77.0 Å². The zero-order valence-corrected chi connectivity index (χ0v) is 16.3. The van der Waals surface area contributed by atoms with E-state index in [1.165, 1.54) is 0 Å². The maximum absolute atomic E-state index is 12.3. The number of amides is 3. The molecule has 3 amide bonds. The van der Waals surface area contributed by atoms with Crippen molar-refractivity contribution >= 4 is 36.3 Å². The molecule has 4 unspecified atom stereocenters. The second kappa shape index (κ2) is 11.1. The number of thiol groups is 1. The fourth-order valence-electron chi connectivity index (χ4n) is 2.61. The number of carbonyl (C=O) groups excluding carboxylic acids is 3. The summed E-state index contributed by atoms with van der Waals surface area (Å²) in [5, 5.41) is 28.7. The third kappa shape index (κ3) is 7.00. The van der Waals surface area contributed by atoms with Crippen molar-refractivity contribution in [3.8, 4) is 0 Å². The van der Waals surface area contributed by atoms with E-state index in [4.69, 9.17) is 5.11 Å². The minimum Gasteiger partial charge on any atom is -0.480 e. The predicted octanol–water partition coefficient (Wildman–Crippen LogP) is -2.14. The molecule has 10 nitrogen and oxygen atoms in total. The molecule has 1 heterocycles. The molecule has 27 heavy (non-hydrogen) atoms. The predicted molar refractivity (Wildman–Crippen MR) is 100 cm³/mol. The highest BCUT2D eigenvalue weighted by Crippen LogP contribution is 2.05. The Kier molecular flexibility index (Phi) is 9.53. The van der Waals surface area contributed by atoms with Crippen LogP contribution in [0.5, 0.6) is 0 Å². The SMILES string of the molecule is CC(C)C(NC(=O)C(CS)NC(=O)C(CO)NC(=O)C1CCCN1)C(=O)O. The van der Waals surface area contributed by atoms with Crippen molar-refractivity contribution in [2.75, 3.05) is 18.9 Å². The normalized spacial score (nSPS) is 19.8. The number of aliphatic hydroxyl groups is 1. The Bertz CT molecular complexity index is 553. The van der Waals surface area contributed by atoms with E-state index < -0.39 is 54.5 Å². The molecule has 0 radical (unpaired) electrons. The lowest BCUT2D eigenvalue weighted by molar-refractivity contribution is -0.143. The van der Waals surface area contributed by atoms with Gasteiger partial charge in [-0.25, -0.2) is 4.79 Å². The average molecular weight is 404 g/mol. The summed E-state index contributed by atoms with van der Waals surface area (Å²) in [5.74, 6) is -3.50. The Morgan fingerprint density at radius 2 is 1.74 bits per heavy atom. The first-order valence-electron chi connectivity index (χ1n) is 8.80. The molecular formula is C16H28N4O6S. The lowest BCUT2D eigenvalue weighted by atomic mass is 10.0. The highest BCUT2D eigenvalue weighted by atomic mass is 32.1. The molecule has 154 valence electrons. The van der Waals surface area contributed by atoms with Gasteiger partial charge in [-0.1, -0.05) is 13.8 Å². The monoisotopic (exact) mass is 404 g/mol. The number of nitrogens with one attached hydrogen (secondary N) is 4. The smallest absolute Gasteiger partial charge is 0.326 e. The van der Waals surface area contributed by atoms with Gasteiger partial charge in [-0.15, -0.1) is 0 Å². The third-order valence-electron chi connectivity index (χ3n) is 4.24. The van der Waals surface area contributed by atoms with E-state index >= 15 is 0 Å². The highest BCUT2D eigenvalue weighted by Gasteiger charge is 2.31. The summed E-state index contributed by atoms with van der Waals surface area (Å²) in [6, 6.07) is -3.87. The summed E-state index contributed by atoms with van der Waals surface area (Å²) in [6.45, 7) is 3.34. The first-order valence-corrected chi connectivity index (χ1v) is 9.43. The van der Waals surface area contributed by atoms with Crippen LogP contribution in [0.3, 0.4) is 0 Å². The van der Waals surface area contributed by atoms with Gasteiger partial charge in [0.25, 0.3) is 0 Å². The van der Waals surface area contributed by atoms with Gasteiger partial charge < -0.3 is 31.5 Å². The van der Waals surface area contributed by atoms with Crippen LogP contribution >= 0.6 is 12.6 Å². The van der Waals surface area contributed by atoms with E-state index in [0.29, 0.717) is 13.0 Å². The van der Waals surface area contributed by atoms with Gasteiger partial charge in [-0.2, -0.15) is 12.6 Å². The molecular weight excluding hydrogens is 376 g/mol. The number of hydrogen-bond acceptors (Lipinski definition) is 7. The second-order valence-corrected chi connectivity index (χ2v) is 7.07. The molecule has 0 bridgehead atoms. The molecule has 11 heteroatoms. The Hall–Kier alpha value is -1.85. The summed E-state index contributed by atoms with van der Waals surface area (Å²) >= 11 is 4.01. The van der Waals surface area contributed by atoms with Crippen LogP contribution in [0.4, 0.5) is 0 Å². The van der Waals surface area contributed by atoms with Crippen LogP contribution in [-0.2, 0) is 19.2 Å². The van der Waals surface area contributed by atoms with Gasteiger partial charge in [0, 0.05) is 5.75 Å². The number of aliphatic carboxylic acids is 1. The van der Waals surface area contributed by atoms with Crippen LogP contribution in [0.25, 0.3) is 0 Å². The van der Waals surface area contributed by atoms with E-state index in [0.717, 1.165) is 6.42 Å². The molecule has 1 aliphatic heterocycles. The van der Waals surface area contributed by atoms with Crippen molar-refractivity contribution < 1.29 is 29.4 Å². The van der Waals surface area contributed by atoms with Crippen LogP contribution in [0.2, 0.25) is 0 Å². The van der Waals surface area contributed by atoms with Crippen LogP contribution in [0.1, 0.15) is 26.7 Å². The fourth-order valence-corrected chi connectivity index (χ4v) is 2.87. The number of aliphatic hydroxyl groups excluding tert-OH is 1. The molecule has 1 saturated heterocycles. The molecule has 0 aromatic rings. The average Bonchev–Trinajstić information content (AvgIpc) is 3.15. The second-order valence-electron chi connectivity index (χ2n) is 6.70. The van der Waals surface area contributed by atoms with E-state index in [-0.39, 0.29) is 11.7 Å². The molecule has 1 fully saturated rings. The molecule has 4 atom stereocenters.